The number of benzene rings is 1. The Hall–Kier alpha value is -1.23. The van der Waals surface area contributed by atoms with Gasteiger partial charge < -0.3 is 15.0 Å². The van der Waals surface area contributed by atoms with Crippen LogP contribution in [0.5, 0.6) is 5.75 Å². The predicted octanol–water partition coefficient (Wildman–Crippen LogP) is 2.64. The molecule has 2 rings (SSSR count). The zero-order valence-electron chi connectivity index (χ0n) is 11.5. The van der Waals surface area contributed by atoms with Gasteiger partial charge in [-0.15, -0.1) is 24.8 Å². The number of imidazole rings is 1. The van der Waals surface area contributed by atoms with Gasteiger partial charge in [0, 0.05) is 24.9 Å². The fourth-order valence-electron chi connectivity index (χ4n) is 1.83. The molecule has 0 radical (unpaired) electrons. The SMILES string of the molecule is COc1cccc(CCNCCc2cnc[nH]2)c1.Cl.Cl. The van der Waals surface area contributed by atoms with E-state index in [4.69, 9.17) is 4.74 Å². The van der Waals surface area contributed by atoms with E-state index in [1.165, 1.54) is 11.3 Å². The van der Waals surface area contributed by atoms with Gasteiger partial charge in [0.1, 0.15) is 5.75 Å². The summed E-state index contributed by atoms with van der Waals surface area (Å²) in [6, 6.07) is 8.20. The molecule has 0 fully saturated rings. The third-order valence-corrected chi connectivity index (χ3v) is 2.85. The summed E-state index contributed by atoms with van der Waals surface area (Å²) in [6.45, 7) is 1.94. The number of nitrogens with zero attached hydrogens (tertiary/aromatic N) is 1. The van der Waals surface area contributed by atoms with E-state index < -0.39 is 0 Å². The summed E-state index contributed by atoms with van der Waals surface area (Å²) in [5, 5.41) is 3.42. The molecule has 0 saturated heterocycles. The van der Waals surface area contributed by atoms with Crippen LogP contribution in [0.2, 0.25) is 0 Å². The van der Waals surface area contributed by atoms with Gasteiger partial charge in [-0.1, -0.05) is 12.1 Å². The fourth-order valence-corrected chi connectivity index (χ4v) is 1.83. The minimum atomic E-state index is 0. The molecule has 0 amide bonds. The number of methoxy groups -OCH3 is 1. The largest absolute Gasteiger partial charge is 0.497 e. The van der Waals surface area contributed by atoms with Crippen molar-refractivity contribution in [3.63, 3.8) is 0 Å². The van der Waals surface area contributed by atoms with Crippen LogP contribution in [0.25, 0.3) is 0 Å². The van der Waals surface area contributed by atoms with Gasteiger partial charge in [0.15, 0.2) is 0 Å². The summed E-state index contributed by atoms with van der Waals surface area (Å²) in [6.07, 6.45) is 5.58. The van der Waals surface area contributed by atoms with Crippen LogP contribution in [-0.4, -0.2) is 30.2 Å². The summed E-state index contributed by atoms with van der Waals surface area (Å²) in [5.41, 5.74) is 2.47. The van der Waals surface area contributed by atoms with E-state index in [1.54, 1.807) is 13.4 Å². The monoisotopic (exact) mass is 317 g/mol. The Morgan fingerprint density at radius 3 is 2.70 bits per heavy atom. The van der Waals surface area contributed by atoms with Crippen molar-refractivity contribution in [1.29, 1.82) is 0 Å². The smallest absolute Gasteiger partial charge is 0.119 e. The number of hydrogen-bond acceptors (Lipinski definition) is 3. The zero-order chi connectivity index (χ0) is 12.6. The number of hydrogen-bond donors (Lipinski definition) is 2. The van der Waals surface area contributed by atoms with Gasteiger partial charge in [0.05, 0.1) is 13.4 Å². The summed E-state index contributed by atoms with van der Waals surface area (Å²) in [7, 11) is 1.70. The predicted molar refractivity (Wildman–Crippen MR) is 86.4 cm³/mol. The van der Waals surface area contributed by atoms with E-state index in [9.17, 15) is 0 Å². The van der Waals surface area contributed by atoms with Crippen LogP contribution in [0.15, 0.2) is 36.8 Å². The second kappa shape index (κ2) is 10.5. The Labute approximate surface area is 132 Å². The number of aromatic nitrogens is 2. The van der Waals surface area contributed by atoms with E-state index in [0.717, 1.165) is 31.7 Å². The van der Waals surface area contributed by atoms with Crippen molar-refractivity contribution < 1.29 is 4.74 Å². The van der Waals surface area contributed by atoms with E-state index in [0.29, 0.717) is 0 Å². The third kappa shape index (κ3) is 6.28. The molecule has 2 aromatic rings. The molecular formula is C14H21Cl2N3O. The first kappa shape index (κ1) is 18.8. The lowest BCUT2D eigenvalue weighted by Crippen LogP contribution is -2.20. The molecule has 0 spiro atoms. The van der Waals surface area contributed by atoms with E-state index >= 15 is 0 Å². The van der Waals surface area contributed by atoms with Gasteiger partial charge in [0.2, 0.25) is 0 Å². The maximum absolute atomic E-state index is 5.20. The minimum Gasteiger partial charge on any atom is -0.497 e. The molecule has 112 valence electrons. The van der Waals surface area contributed by atoms with Crippen LogP contribution in [0, 0.1) is 0 Å². The van der Waals surface area contributed by atoms with Crippen molar-refractivity contribution in [2.45, 2.75) is 12.8 Å². The molecule has 2 N–H and O–H groups in total. The minimum absolute atomic E-state index is 0. The highest BCUT2D eigenvalue weighted by Gasteiger charge is 1.97. The highest BCUT2D eigenvalue weighted by atomic mass is 35.5. The first-order valence-corrected chi connectivity index (χ1v) is 6.19. The number of ether oxygens (including phenoxy) is 1. The van der Waals surface area contributed by atoms with Crippen molar-refractivity contribution >= 4 is 24.8 Å². The molecule has 0 aliphatic carbocycles. The number of nitrogens with one attached hydrogen (secondary N) is 2. The van der Waals surface area contributed by atoms with Crippen LogP contribution in [0.4, 0.5) is 0 Å². The lowest BCUT2D eigenvalue weighted by molar-refractivity contribution is 0.414. The van der Waals surface area contributed by atoms with E-state index in [1.807, 2.05) is 18.3 Å². The average Bonchev–Trinajstić information content (AvgIpc) is 2.92. The zero-order valence-corrected chi connectivity index (χ0v) is 13.1. The maximum atomic E-state index is 5.20. The first-order valence-electron chi connectivity index (χ1n) is 6.19. The van der Waals surface area contributed by atoms with Gasteiger partial charge in [-0.3, -0.25) is 0 Å². The number of rotatable bonds is 7. The highest BCUT2D eigenvalue weighted by molar-refractivity contribution is 5.85. The van der Waals surface area contributed by atoms with Crippen LogP contribution >= 0.6 is 24.8 Å². The van der Waals surface area contributed by atoms with Crippen LogP contribution in [0.3, 0.4) is 0 Å². The van der Waals surface area contributed by atoms with Crippen LogP contribution in [0.1, 0.15) is 11.3 Å². The van der Waals surface area contributed by atoms with Crippen LogP contribution < -0.4 is 10.1 Å². The summed E-state index contributed by atoms with van der Waals surface area (Å²) in [4.78, 5) is 7.08. The third-order valence-electron chi connectivity index (χ3n) is 2.85. The van der Waals surface area contributed by atoms with Crippen molar-refractivity contribution in [3.05, 3.63) is 48.0 Å². The van der Waals surface area contributed by atoms with Crippen molar-refractivity contribution in [3.8, 4) is 5.75 Å². The number of H-pyrrole nitrogens is 1. The molecule has 0 unspecified atom stereocenters. The first-order chi connectivity index (χ1) is 8.88. The number of halogens is 2. The van der Waals surface area contributed by atoms with Gasteiger partial charge >= 0.3 is 0 Å². The van der Waals surface area contributed by atoms with Crippen molar-refractivity contribution in [2.75, 3.05) is 20.2 Å². The summed E-state index contributed by atoms with van der Waals surface area (Å²) >= 11 is 0. The molecule has 1 heterocycles. The molecule has 0 aliphatic heterocycles. The second-order valence-electron chi connectivity index (χ2n) is 4.18. The Kier molecular flexibility index (Phi) is 9.90. The normalized spacial score (nSPS) is 9.45. The summed E-state index contributed by atoms with van der Waals surface area (Å²) in [5.74, 6) is 0.921. The Morgan fingerprint density at radius 2 is 2.00 bits per heavy atom. The van der Waals surface area contributed by atoms with E-state index in [2.05, 4.69) is 27.4 Å². The van der Waals surface area contributed by atoms with Crippen molar-refractivity contribution in [1.82, 2.24) is 15.3 Å². The molecule has 1 aromatic carbocycles. The molecule has 20 heavy (non-hydrogen) atoms. The Morgan fingerprint density at radius 1 is 1.20 bits per heavy atom. The average molecular weight is 318 g/mol. The van der Waals surface area contributed by atoms with Crippen LogP contribution in [-0.2, 0) is 12.8 Å². The topological polar surface area (TPSA) is 49.9 Å². The van der Waals surface area contributed by atoms with E-state index in [-0.39, 0.29) is 24.8 Å². The lowest BCUT2D eigenvalue weighted by atomic mass is 10.1. The second-order valence-corrected chi connectivity index (χ2v) is 4.18. The molecular weight excluding hydrogens is 297 g/mol. The van der Waals surface area contributed by atoms with Gasteiger partial charge in [-0.05, 0) is 30.7 Å². The lowest BCUT2D eigenvalue weighted by Gasteiger charge is -2.06. The molecule has 6 heteroatoms. The molecule has 0 saturated carbocycles. The molecule has 0 aliphatic rings. The quantitative estimate of drug-likeness (QED) is 0.772. The standard InChI is InChI=1S/C14H19N3O.2ClH/c1-18-14-4-2-3-12(9-14)5-7-15-8-6-13-10-16-11-17-13;;/h2-4,9-11,15H,5-8H2,1H3,(H,16,17);2*1H. The maximum Gasteiger partial charge on any atom is 0.119 e. The summed E-state index contributed by atoms with van der Waals surface area (Å²) < 4.78 is 5.20. The van der Waals surface area contributed by atoms with Gasteiger partial charge in [-0.25, -0.2) is 4.98 Å². The molecule has 1 aromatic heterocycles. The van der Waals surface area contributed by atoms with Gasteiger partial charge in [-0.2, -0.15) is 0 Å². The fraction of sp³-hybridized carbons (Fsp3) is 0.357. The Balaban J connectivity index is 0.00000180. The molecule has 4 nitrogen and oxygen atoms in total. The molecule has 0 atom stereocenters. The van der Waals surface area contributed by atoms with Crippen molar-refractivity contribution in [2.24, 2.45) is 0 Å². The Bertz CT molecular complexity index is 463. The number of aromatic amines is 1. The van der Waals surface area contributed by atoms with Gasteiger partial charge in [0.25, 0.3) is 0 Å². The highest BCUT2D eigenvalue weighted by Crippen LogP contribution is 2.12. The molecule has 0 bridgehead atoms.